The first-order valence-corrected chi connectivity index (χ1v) is 8.09. The molecule has 0 aliphatic carbocycles. The van der Waals surface area contributed by atoms with Crippen molar-refractivity contribution in [3.05, 3.63) is 52.5 Å². The molecule has 0 saturated carbocycles. The molecule has 0 heterocycles. The van der Waals surface area contributed by atoms with E-state index in [-0.39, 0.29) is 17.1 Å². The molecule has 0 aromatic heterocycles. The summed E-state index contributed by atoms with van der Waals surface area (Å²) in [4.78, 5) is 24.9. The topological polar surface area (TPSA) is 71.1 Å². The number of esters is 1. The number of benzene rings is 2. The van der Waals surface area contributed by atoms with Gasteiger partial charge in [-0.15, -0.1) is 0 Å². The normalized spacial score (nSPS) is 11.4. The molecular weight excluding hydrogens is 360 g/mol. The predicted molar refractivity (Wildman–Crippen MR) is 96.8 cm³/mol. The Bertz CT molecular complexity index is 800. The van der Waals surface area contributed by atoms with Gasteiger partial charge in [-0.05, 0) is 31.2 Å². The van der Waals surface area contributed by atoms with Crippen molar-refractivity contribution in [2.45, 2.75) is 13.0 Å². The van der Waals surface area contributed by atoms with Crippen LogP contribution in [0, 0.1) is 0 Å². The third kappa shape index (κ3) is 4.26. The number of rotatable bonds is 7. The lowest BCUT2D eigenvalue weighted by Gasteiger charge is -2.16. The summed E-state index contributed by atoms with van der Waals surface area (Å²) in [7, 11) is 4.34. The molecule has 2 aromatic carbocycles. The maximum absolute atomic E-state index is 12.5. The van der Waals surface area contributed by atoms with Crippen molar-refractivity contribution < 1.29 is 28.5 Å². The van der Waals surface area contributed by atoms with Gasteiger partial charge in [-0.1, -0.05) is 11.6 Å². The fourth-order valence-electron chi connectivity index (χ4n) is 2.32. The first kappa shape index (κ1) is 19.6. The van der Waals surface area contributed by atoms with Crippen LogP contribution in [-0.4, -0.2) is 39.2 Å². The Kier molecular flexibility index (Phi) is 6.46. The van der Waals surface area contributed by atoms with E-state index in [2.05, 4.69) is 0 Å². The SMILES string of the molecule is COc1cc(OC)c(C(=O)O[C@H](C)C(=O)c2ccc(Cl)cc2)cc1OC. The van der Waals surface area contributed by atoms with Crippen LogP contribution < -0.4 is 14.2 Å². The highest BCUT2D eigenvalue weighted by Crippen LogP contribution is 2.35. The summed E-state index contributed by atoms with van der Waals surface area (Å²) in [5.74, 6) is -0.0472. The molecule has 0 spiro atoms. The smallest absolute Gasteiger partial charge is 0.342 e. The van der Waals surface area contributed by atoms with Gasteiger partial charge in [0.1, 0.15) is 11.3 Å². The van der Waals surface area contributed by atoms with Crippen molar-refractivity contribution in [2.75, 3.05) is 21.3 Å². The van der Waals surface area contributed by atoms with Crippen molar-refractivity contribution in [2.24, 2.45) is 0 Å². The summed E-state index contributed by atoms with van der Waals surface area (Å²) < 4.78 is 20.9. The average molecular weight is 379 g/mol. The summed E-state index contributed by atoms with van der Waals surface area (Å²) >= 11 is 5.81. The van der Waals surface area contributed by atoms with Crippen LogP contribution in [0.15, 0.2) is 36.4 Å². The van der Waals surface area contributed by atoms with Crippen LogP contribution in [0.2, 0.25) is 5.02 Å². The standard InChI is InChI=1S/C19H19ClO6/c1-11(18(21)12-5-7-13(20)8-6-12)26-19(22)14-9-16(24-3)17(25-4)10-15(14)23-2/h5-11H,1-4H3/t11-/m1/s1. The van der Waals surface area contributed by atoms with E-state index >= 15 is 0 Å². The van der Waals surface area contributed by atoms with Gasteiger partial charge in [-0.3, -0.25) is 4.79 Å². The van der Waals surface area contributed by atoms with E-state index in [1.165, 1.54) is 40.4 Å². The fraction of sp³-hybridized carbons (Fsp3) is 0.263. The van der Waals surface area contributed by atoms with E-state index in [1.807, 2.05) is 0 Å². The average Bonchev–Trinajstić information content (AvgIpc) is 2.66. The molecule has 2 aromatic rings. The Morgan fingerprint density at radius 3 is 1.96 bits per heavy atom. The Morgan fingerprint density at radius 2 is 1.42 bits per heavy atom. The van der Waals surface area contributed by atoms with Crippen LogP contribution in [0.3, 0.4) is 0 Å². The molecule has 0 radical (unpaired) electrons. The molecular formula is C19H19ClO6. The summed E-state index contributed by atoms with van der Waals surface area (Å²) in [6.07, 6.45) is -0.985. The van der Waals surface area contributed by atoms with Gasteiger partial charge in [0.2, 0.25) is 5.78 Å². The van der Waals surface area contributed by atoms with Crippen LogP contribution in [0.1, 0.15) is 27.6 Å². The van der Waals surface area contributed by atoms with Crippen LogP contribution >= 0.6 is 11.6 Å². The molecule has 0 saturated heterocycles. The van der Waals surface area contributed by atoms with Gasteiger partial charge in [-0.25, -0.2) is 4.79 Å². The van der Waals surface area contributed by atoms with Gasteiger partial charge < -0.3 is 18.9 Å². The van der Waals surface area contributed by atoms with E-state index in [1.54, 1.807) is 24.3 Å². The third-order valence-corrected chi connectivity index (χ3v) is 3.96. The van der Waals surface area contributed by atoms with Gasteiger partial charge in [0.05, 0.1) is 21.3 Å². The Hall–Kier alpha value is -2.73. The monoisotopic (exact) mass is 378 g/mol. The highest BCUT2D eigenvalue weighted by Gasteiger charge is 2.24. The van der Waals surface area contributed by atoms with Crippen molar-refractivity contribution >= 4 is 23.4 Å². The van der Waals surface area contributed by atoms with E-state index in [9.17, 15) is 9.59 Å². The number of ether oxygens (including phenoxy) is 4. The molecule has 26 heavy (non-hydrogen) atoms. The molecule has 1 atom stereocenters. The zero-order valence-electron chi connectivity index (χ0n) is 14.9. The highest BCUT2D eigenvalue weighted by molar-refractivity contribution is 6.30. The molecule has 2 rings (SSSR count). The lowest BCUT2D eigenvalue weighted by Crippen LogP contribution is -2.24. The number of Topliss-reactive ketones (excluding diaryl/α,β-unsaturated/α-hetero) is 1. The molecule has 6 nitrogen and oxygen atoms in total. The summed E-state index contributed by atoms with van der Waals surface area (Å²) in [6.45, 7) is 1.50. The van der Waals surface area contributed by atoms with Gasteiger partial charge in [-0.2, -0.15) is 0 Å². The fourth-order valence-corrected chi connectivity index (χ4v) is 2.44. The minimum atomic E-state index is -0.985. The van der Waals surface area contributed by atoms with Crippen LogP contribution in [0.25, 0.3) is 0 Å². The second kappa shape index (κ2) is 8.58. The number of halogens is 1. The van der Waals surface area contributed by atoms with E-state index in [4.69, 9.17) is 30.5 Å². The lowest BCUT2D eigenvalue weighted by atomic mass is 10.1. The first-order chi connectivity index (χ1) is 12.4. The zero-order chi connectivity index (χ0) is 19.3. The number of hydrogen-bond acceptors (Lipinski definition) is 6. The quantitative estimate of drug-likeness (QED) is 0.539. The molecule has 0 amide bonds. The van der Waals surface area contributed by atoms with Crippen molar-refractivity contribution in [1.82, 2.24) is 0 Å². The van der Waals surface area contributed by atoms with Gasteiger partial charge in [0, 0.05) is 22.7 Å². The molecule has 7 heteroatoms. The molecule has 0 aliphatic heterocycles. The molecule has 0 N–H and O–H groups in total. The van der Waals surface area contributed by atoms with E-state index < -0.39 is 12.1 Å². The first-order valence-electron chi connectivity index (χ1n) is 7.72. The molecule has 0 unspecified atom stereocenters. The summed E-state index contributed by atoms with van der Waals surface area (Å²) in [6, 6.07) is 9.31. The van der Waals surface area contributed by atoms with E-state index in [0.717, 1.165) is 0 Å². The highest BCUT2D eigenvalue weighted by atomic mass is 35.5. The number of carbonyl (C=O) groups is 2. The number of methoxy groups -OCH3 is 3. The Morgan fingerprint density at radius 1 is 0.885 bits per heavy atom. The van der Waals surface area contributed by atoms with Gasteiger partial charge >= 0.3 is 5.97 Å². The van der Waals surface area contributed by atoms with Crippen LogP contribution in [0.4, 0.5) is 0 Å². The Balaban J connectivity index is 2.23. The number of carbonyl (C=O) groups excluding carboxylic acids is 2. The van der Waals surface area contributed by atoms with Crippen molar-refractivity contribution in [1.29, 1.82) is 0 Å². The largest absolute Gasteiger partial charge is 0.496 e. The van der Waals surface area contributed by atoms with Crippen molar-refractivity contribution in [3.8, 4) is 17.2 Å². The zero-order valence-corrected chi connectivity index (χ0v) is 15.6. The van der Waals surface area contributed by atoms with Gasteiger partial charge in [0.25, 0.3) is 0 Å². The minimum Gasteiger partial charge on any atom is -0.496 e. The third-order valence-electron chi connectivity index (χ3n) is 3.71. The summed E-state index contributed by atoms with van der Waals surface area (Å²) in [5, 5.41) is 0.515. The molecule has 0 aliphatic rings. The summed E-state index contributed by atoms with van der Waals surface area (Å²) in [5.41, 5.74) is 0.523. The lowest BCUT2D eigenvalue weighted by molar-refractivity contribution is 0.0315. The van der Waals surface area contributed by atoms with Gasteiger partial charge in [0.15, 0.2) is 17.6 Å². The molecule has 0 bridgehead atoms. The minimum absolute atomic E-state index is 0.126. The van der Waals surface area contributed by atoms with E-state index in [0.29, 0.717) is 22.1 Å². The molecule has 0 fully saturated rings. The number of hydrogen-bond donors (Lipinski definition) is 0. The van der Waals surface area contributed by atoms with Crippen molar-refractivity contribution in [3.63, 3.8) is 0 Å². The number of ketones is 1. The second-order valence-electron chi connectivity index (χ2n) is 5.33. The second-order valence-corrected chi connectivity index (χ2v) is 5.76. The maximum Gasteiger partial charge on any atom is 0.342 e. The molecule has 138 valence electrons. The van der Waals surface area contributed by atoms with Crippen LogP contribution in [0.5, 0.6) is 17.2 Å². The van der Waals surface area contributed by atoms with Crippen LogP contribution in [-0.2, 0) is 4.74 Å². The Labute approximate surface area is 156 Å². The maximum atomic E-state index is 12.5. The predicted octanol–water partition coefficient (Wildman–Crippen LogP) is 3.79.